The van der Waals surface area contributed by atoms with E-state index < -0.39 is 0 Å². The number of hydrogen-bond acceptors (Lipinski definition) is 7. The second-order valence-corrected chi connectivity index (χ2v) is 12.7. The fraction of sp³-hybridized carbons (Fsp3) is 0.432. The first kappa shape index (κ1) is 33.2. The van der Waals surface area contributed by atoms with Crippen molar-refractivity contribution in [2.75, 3.05) is 51.6 Å². The highest BCUT2D eigenvalue weighted by atomic mass is 16.5. The summed E-state index contributed by atoms with van der Waals surface area (Å²) in [6.07, 6.45) is 5.04. The van der Waals surface area contributed by atoms with E-state index in [4.69, 9.17) is 4.74 Å². The molecule has 44 heavy (non-hydrogen) atoms. The van der Waals surface area contributed by atoms with Crippen LogP contribution in [0.4, 0.5) is 5.69 Å². The standard InChI is InChI=1S/C37H52N6O/c1-9-29(25-38-8)35(23-27(3)37(5,6)7)41-28(4)40-34-15-16-36(33-14-12-11-13-32(33)34)44-31-17-18-39-30(24-31)26-43-21-19-42(10-2)20-22-43/h11-18,23-24,38,40-41H,4,9-10,19-22,25-26H2,1-3,5-8H3/b27-23+,35-29+. The molecule has 7 heteroatoms. The van der Waals surface area contributed by atoms with Crippen LogP contribution in [0.2, 0.25) is 0 Å². The van der Waals surface area contributed by atoms with Gasteiger partial charge in [0.05, 0.1) is 5.69 Å². The summed E-state index contributed by atoms with van der Waals surface area (Å²) < 4.78 is 6.47. The van der Waals surface area contributed by atoms with E-state index in [9.17, 15) is 0 Å². The number of benzene rings is 2. The van der Waals surface area contributed by atoms with Gasteiger partial charge < -0.3 is 25.6 Å². The SMILES string of the molecule is C=C(NC(/C=C(\C)C(C)(C)C)=C(\CC)CNC)Nc1ccc(Oc2ccnc(CN3CCN(CC)CC3)c2)c2ccccc12. The molecule has 236 valence electrons. The fourth-order valence-corrected chi connectivity index (χ4v) is 5.34. The molecule has 2 heterocycles. The molecule has 0 radical (unpaired) electrons. The molecule has 1 aliphatic heterocycles. The number of rotatable bonds is 13. The number of nitrogens with one attached hydrogen (secondary N) is 3. The minimum Gasteiger partial charge on any atom is -0.457 e. The van der Waals surface area contributed by atoms with Gasteiger partial charge in [-0.1, -0.05) is 71.0 Å². The summed E-state index contributed by atoms with van der Waals surface area (Å²) in [5.74, 6) is 2.33. The summed E-state index contributed by atoms with van der Waals surface area (Å²) in [6.45, 7) is 24.8. The number of nitrogens with zero attached hydrogens (tertiary/aromatic N) is 3. The molecule has 7 nitrogen and oxygen atoms in total. The average molecular weight is 597 g/mol. The molecule has 0 amide bonds. The molecule has 3 N–H and O–H groups in total. The molecule has 1 aromatic heterocycles. The van der Waals surface area contributed by atoms with Gasteiger partial charge in [-0.25, -0.2) is 0 Å². The van der Waals surface area contributed by atoms with Gasteiger partial charge in [0, 0.05) is 73.7 Å². The van der Waals surface area contributed by atoms with Crippen molar-refractivity contribution in [1.82, 2.24) is 25.4 Å². The zero-order valence-electron chi connectivity index (χ0n) is 27.9. The summed E-state index contributed by atoms with van der Waals surface area (Å²) in [5, 5.41) is 12.5. The van der Waals surface area contributed by atoms with Gasteiger partial charge in [-0.15, -0.1) is 0 Å². The lowest BCUT2D eigenvalue weighted by Crippen LogP contribution is -2.45. The lowest BCUT2D eigenvalue weighted by atomic mass is 9.86. The second-order valence-electron chi connectivity index (χ2n) is 12.7. The van der Waals surface area contributed by atoms with Gasteiger partial charge in [-0.2, -0.15) is 0 Å². The molecular formula is C37H52N6O. The molecular weight excluding hydrogens is 544 g/mol. The van der Waals surface area contributed by atoms with Crippen LogP contribution >= 0.6 is 0 Å². The number of hydrogen-bond donors (Lipinski definition) is 3. The third-order valence-corrected chi connectivity index (χ3v) is 8.51. The molecule has 4 rings (SSSR count). The maximum absolute atomic E-state index is 6.47. The first-order valence-electron chi connectivity index (χ1n) is 16.0. The Morgan fingerprint density at radius 1 is 1.00 bits per heavy atom. The largest absolute Gasteiger partial charge is 0.457 e. The Balaban J connectivity index is 1.52. The van der Waals surface area contributed by atoms with E-state index in [1.165, 1.54) is 11.1 Å². The van der Waals surface area contributed by atoms with Gasteiger partial charge in [0.15, 0.2) is 0 Å². The van der Waals surface area contributed by atoms with Crippen LogP contribution in [0.5, 0.6) is 11.5 Å². The number of likely N-dealkylation sites (N-methyl/N-ethyl adjacent to an activating group) is 2. The van der Waals surface area contributed by atoms with Crippen molar-refractivity contribution in [1.29, 1.82) is 0 Å². The van der Waals surface area contributed by atoms with Gasteiger partial charge in [-0.05, 0) is 62.2 Å². The predicted molar refractivity (Wildman–Crippen MR) is 186 cm³/mol. The van der Waals surface area contributed by atoms with E-state index in [2.05, 4.69) is 115 Å². The van der Waals surface area contributed by atoms with Crippen molar-refractivity contribution < 1.29 is 4.74 Å². The minimum atomic E-state index is 0.0754. The smallest absolute Gasteiger partial charge is 0.135 e. The monoisotopic (exact) mass is 596 g/mol. The maximum Gasteiger partial charge on any atom is 0.135 e. The number of piperazine rings is 1. The van der Waals surface area contributed by atoms with Crippen LogP contribution in [-0.2, 0) is 6.54 Å². The molecule has 0 bridgehead atoms. The molecule has 0 spiro atoms. The Bertz CT molecular complexity index is 1480. The van der Waals surface area contributed by atoms with Crippen molar-refractivity contribution in [2.24, 2.45) is 5.41 Å². The third kappa shape index (κ3) is 8.94. The van der Waals surface area contributed by atoms with E-state index in [0.29, 0.717) is 0 Å². The predicted octanol–water partition coefficient (Wildman–Crippen LogP) is 7.51. The first-order valence-corrected chi connectivity index (χ1v) is 16.0. The molecule has 0 saturated carbocycles. The van der Waals surface area contributed by atoms with Crippen LogP contribution < -0.4 is 20.7 Å². The van der Waals surface area contributed by atoms with E-state index in [1.54, 1.807) is 0 Å². The first-order chi connectivity index (χ1) is 21.1. The molecule has 0 aliphatic carbocycles. The highest BCUT2D eigenvalue weighted by molar-refractivity contribution is 5.98. The number of aromatic nitrogens is 1. The van der Waals surface area contributed by atoms with E-state index >= 15 is 0 Å². The average Bonchev–Trinajstić information content (AvgIpc) is 3.01. The summed E-state index contributed by atoms with van der Waals surface area (Å²) >= 11 is 0. The lowest BCUT2D eigenvalue weighted by molar-refractivity contribution is 0.131. The van der Waals surface area contributed by atoms with Gasteiger partial charge in [0.25, 0.3) is 0 Å². The van der Waals surface area contributed by atoms with Crippen LogP contribution in [0.1, 0.15) is 53.7 Å². The normalized spacial score (nSPS) is 15.7. The van der Waals surface area contributed by atoms with Crippen molar-refractivity contribution in [3.63, 3.8) is 0 Å². The summed E-state index contributed by atoms with van der Waals surface area (Å²) in [6, 6.07) is 16.4. The molecule has 1 fully saturated rings. The quantitative estimate of drug-likeness (QED) is 0.177. The van der Waals surface area contributed by atoms with Gasteiger partial charge in [0.1, 0.15) is 17.3 Å². The van der Waals surface area contributed by atoms with Crippen LogP contribution in [0.15, 0.2) is 90.0 Å². The van der Waals surface area contributed by atoms with Crippen molar-refractivity contribution in [3.8, 4) is 11.5 Å². The molecule has 1 aliphatic rings. The number of ether oxygens (including phenoxy) is 1. The van der Waals surface area contributed by atoms with Gasteiger partial charge in [0.2, 0.25) is 0 Å². The van der Waals surface area contributed by atoms with Crippen LogP contribution in [-0.4, -0.2) is 61.1 Å². The molecule has 2 aromatic carbocycles. The van der Waals surface area contributed by atoms with E-state index in [0.717, 1.165) is 97.4 Å². The van der Waals surface area contributed by atoms with Crippen molar-refractivity contribution in [3.05, 3.63) is 95.7 Å². The maximum atomic E-state index is 6.47. The molecule has 0 atom stereocenters. The number of pyridine rings is 1. The number of anilines is 1. The van der Waals surface area contributed by atoms with Gasteiger partial charge in [-0.3, -0.25) is 9.88 Å². The highest BCUT2D eigenvalue weighted by Gasteiger charge is 2.17. The van der Waals surface area contributed by atoms with Gasteiger partial charge >= 0.3 is 0 Å². The molecule has 1 saturated heterocycles. The summed E-state index contributed by atoms with van der Waals surface area (Å²) in [5.41, 5.74) is 5.76. The van der Waals surface area contributed by atoms with Crippen molar-refractivity contribution >= 4 is 16.5 Å². The molecule has 3 aromatic rings. The molecule has 0 unspecified atom stereocenters. The van der Waals surface area contributed by atoms with Crippen LogP contribution in [0.3, 0.4) is 0 Å². The Morgan fingerprint density at radius 3 is 2.36 bits per heavy atom. The number of fused-ring (bicyclic) bond motifs is 1. The Kier molecular flexibility index (Phi) is 11.6. The number of allylic oxidation sites excluding steroid dienone is 2. The van der Waals surface area contributed by atoms with Crippen molar-refractivity contribution in [2.45, 2.75) is 54.5 Å². The second kappa shape index (κ2) is 15.4. The Morgan fingerprint density at radius 2 is 1.70 bits per heavy atom. The zero-order valence-corrected chi connectivity index (χ0v) is 27.9. The third-order valence-electron chi connectivity index (χ3n) is 8.51. The topological polar surface area (TPSA) is 64.7 Å². The zero-order chi connectivity index (χ0) is 31.7. The highest BCUT2D eigenvalue weighted by Crippen LogP contribution is 2.35. The van der Waals surface area contributed by atoms with E-state index in [1.807, 2.05) is 31.4 Å². The Labute approximate surface area is 265 Å². The fourth-order valence-electron chi connectivity index (χ4n) is 5.34. The van der Waals surface area contributed by atoms with Crippen LogP contribution in [0.25, 0.3) is 10.8 Å². The Hall–Kier alpha value is -3.65. The van der Waals surface area contributed by atoms with E-state index in [-0.39, 0.29) is 5.41 Å². The minimum absolute atomic E-state index is 0.0754. The summed E-state index contributed by atoms with van der Waals surface area (Å²) in [7, 11) is 1.98. The lowest BCUT2D eigenvalue weighted by Gasteiger charge is -2.33. The van der Waals surface area contributed by atoms with Crippen LogP contribution in [0, 0.1) is 5.41 Å². The summed E-state index contributed by atoms with van der Waals surface area (Å²) in [4.78, 5) is 9.60.